The Morgan fingerprint density at radius 1 is 1.00 bits per heavy atom. The summed E-state index contributed by atoms with van der Waals surface area (Å²) in [5.74, 6) is -0.0500. The third kappa shape index (κ3) is 6.49. The van der Waals surface area contributed by atoms with Gasteiger partial charge in [-0.1, -0.05) is 64.8 Å². The van der Waals surface area contributed by atoms with Gasteiger partial charge in [-0.05, 0) is 30.3 Å². The lowest BCUT2D eigenvalue weighted by atomic mass is 10.3. The Morgan fingerprint density at radius 3 is 2.44 bits per heavy atom. The minimum atomic E-state index is -0.289. The second kappa shape index (κ2) is 11.4. The number of hydrogen-bond acceptors (Lipinski definition) is 5. The van der Waals surface area contributed by atoms with Crippen molar-refractivity contribution in [2.24, 2.45) is 0 Å². The summed E-state index contributed by atoms with van der Waals surface area (Å²) in [5, 5.41) is 15.5. The van der Waals surface area contributed by atoms with Gasteiger partial charge in [0.25, 0.3) is 0 Å². The number of benzene rings is 2. The van der Waals surface area contributed by atoms with Gasteiger partial charge in [0.2, 0.25) is 11.8 Å². The van der Waals surface area contributed by atoms with Gasteiger partial charge in [-0.2, -0.15) is 0 Å². The van der Waals surface area contributed by atoms with Gasteiger partial charge in [-0.25, -0.2) is 0 Å². The molecule has 2 aromatic carbocycles. The lowest BCUT2D eigenvalue weighted by Crippen LogP contribution is -2.18. The summed E-state index contributed by atoms with van der Waals surface area (Å²) < 4.78 is 1.73. The highest BCUT2D eigenvalue weighted by molar-refractivity contribution is 7.99. The number of nitrogens with zero attached hydrogens (tertiary/aromatic N) is 3. The van der Waals surface area contributed by atoms with Crippen molar-refractivity contribution in [1.29, 1.82) is 0 Å². The predicted octanol–water partition coefficient (Wildman–Crippen LogP) is 5.34. The number of thioether (sulfide) groups is 1. The number of halogens is 3. The standard InChI is InChI=1S/C21H18Cl3N5O2S/c1-2-9-29-18(11-19(30)25-16-6-4-3-5-14(16)23)27-28-21(29)32-12-20(31)26-17-8-7-13(22)10-15(17)24/h2-8,10H,1,9,11-12H2,(H,25,30)(H,26,31). The van der Waals surface area contributed by atoms with Crippen molar-refractivity contribution in [2.45, 2.75) is 18.1 Å². The summed E-state index contributed by atoms with van der Waals surface area (Å²) in [6, 6.07) is 11.8. The molecule has 0 radical (unpaired) electrons. The normalized spacial score (nSPS) is 10.6. The molecule has 0 saturated heterocycles. The Morgan fingerprint density at radius 2 is 1.72 bits per heavy atom. The van der Waals surface area contributed by atoms with Crippen molar-refractivity contribution >= 4 is 69.8 Å². The first-order valence-electron chi connectivity index (χ1n) is 9.32. The number of hydrogen-bond donors (Lipinski definition) is 2. The molecule has 11 heteroatoms. The number of rotatable bonds is 9. The summed E-state index contributed by atoms with van der Waals surface area (Å²) >= 11 is 19.2. The highest BCUT2D eigenvalue weighted by Gasteiger charge is 2.17. The molecule has 3 aromatic rings. The molecule has 1 heterocycles. The Bertz CT molecular complexity index is 1150. The summed E-state index contributed by atoms with van der Waals surface area (Å²) in [6.45, 7) is 4.12. The van der Waals surface area contributed by atoms with Gasteiger partial charge in [-0.15, -0.1) is 16.8 Å². The Kier molecular flexibility index (Phi) is 8.58. The van der Waals surface area contributed by atoms with Crippen LogP contribution in [0.15, 0.2) is 60.3 Å². The summed E-state index contributed by atoms with van der Waals surface area (Å²) in [7, 11) is 0. The summed E-state index contributed by atoms with van der Waals surface area (Å²) in [6.07, 6.45) is 1.65. The number of carbonyl (C=O) groups is 2. The molecule has 0 saturated carbocycles. The summed E-state index contributed by atoms with van der Waals surface area (Å²) in [4.78, 5) is 24.8. The summed E-state index contributed by atoms with van der Waals surface area (Å²) in [5.41, 5.74) is 0.979. The molecule has 32 heavy (non-hydrogen) atoms. The highest BCUT2D eigenvalue weighted by atomic mass is 35.5. The van der Waals surface area contributed by atoms with Crippen LogP contribution < -0.4 is 10.6 Å². The minimum absolute atomic E-state index is 0.0147. The SMILES string of the molecule is C=CCn1c(CC(=O)Nc2ccccc2Cl)nnc1SCC(=O)Nc1ccc(Cl)cc1Cl. The van der Waals surface area contributed by atoms with Gasteiger partial charge >= 0.3 is 0 Å². The van der Waals surface area contributed by atoms with E-state index in [1.165, 1.54) is 11.8 Å². The fourth-order valence-corrected chi connectivity index (χ4v) is 4.08. The van der Waals surface area contributed by atoms with E-state index in [9.17, 15) is 9.59 Å². The monoisotopic (exact) mass is 509 g/mol. The lowest BCUT2D eigenvalue weighted by molar-refractivity contribution is -0.116. The predicted molar refractivity (Wildman–Crippen MR) is 130 cm³/mol. The van der Waals surface area contributed by atoms with E-state index >= 15 is 0 Å². The average Bonchev–Trinajstić information content (AvgIpc) is 3.12. The quantitative estimate of drug-likeness (QED) is 0.300. The number of amides is 2. The van der Waals surface area contributed by atoms with Gasteiger partial charge < -0.3 is 15.2 Å². The van der Waals surface area contributed by atoms with E-state index in [4.69, 9.17) is 34.8 Å². The van der Waals surface area contributed by atoms with Crippen LogP contribution in [-0.4, -0.2) is 32.3 Å². The van der Waals surface area contributed by atoms with E-state index in [1.807, 2.05) is 0 Å². The number of carbonyl (C=O) groups excluding carboxylic acids is 2. The zero-order chi connectivity index (χ0) is 23.1. The van der Waals surface area contributed by atoms with Crippen molar-refractivity contribution in [3.05, 3.63) is 76.0 Å². The molecule has 0 unspecified atom stereocenters. The van der Waals surface area contributed by atoms with Crippen LogP contribution in [0.25, 0.3) is 0 Å². The Balaban J connectivity index is 1.63. The number of allylic oxidation sites excluding steroid dienone is 1. The van der Waals surface area contributed by atoms with E-state index in [0.717, 1.165) is 0 Å². The zero-order valence-corrected chi connectivity index (χ0v) is 19.7. The molecule has 2 amide bonds. The smallest absolute Gasteiger partial charge is 0.234 e. The van der Waals surface area contributed by atoms with Gasteiger partial charge in [0.05, 0.1) is 33.6 Å². The Labute approximate surface area is 204 Å². The lowest BCUT2D eigenvalue weighted by Gasteiger charge is -2.10. The first kappa shape index (κ1) is 24.1. The second-order valence-corrected chi connectivity index (χ2v) is 8.66. The van der Waals surface area contributed by atoms with Crippen LogP contribution >= 0.6 is 46.6 Å². The topological polar surface area (TPSA) is 88.9 Å². The molecular weight excluding hydrogens is 493 g/mol. The van der Waals surface area contributed by atoms with Crippen LogP contribution in [0.1, 0.15) is 5.82 Å². The first-order valence-corrected chi connectivity index (χ1v) is 11.4. The molecule has 1 aromatic heterocycles. The Hall–Kier alpha value is -2.52. The van der Waals surface area contributed by atoms with Gasteiger partial charge in [0, 0.05) is 11.6 Å². The van der Waals surface area contributed by atoms with Crippen LogP contribution in [0.5, 0.6) is 0 Å². The van der Waals surface area contributed by atoms with Crippen molar-refractivity contribution in [2.75, 3.05) is 16.4 Å². The van der Waals surface area contributed by atoms with Gasteiger partial charge in [0.15, 0.2) is 5.16 Å². The van der Waals surface area contributed by atoms with Gasteiger partial charge in [-0.3, -0.25) is 9.59 Å². The number of para-hydroxylation sites is 1. The number of nitrogens with one attached hydrogen (secondary N) is 2. The van der Waals surface area contributed by atoms with E-state index in [0.29, 0.717) is 44.0 Å². The molecule has 0 fully saturated rings. The van der Waals surface area contributed by atoms with E-state index in [-0.39, 0.29) is 24.0 Å². The maximum Gasteiger partial charge on any atom is 0.234 e. The van der Waals surface area contributed by atoms with Crippen molar-refractivity contribution in [3.8, 4) is 0 Å². The minimum Gasteiger partial charge on any atom is -0.324 e. The number of aromatic nitrogens is 3. The van der Waals surface area contributed by atoms with Gasteiger partial charge in [0.1, 0.15) is 5.82 Å². The molecule has 0 bridgehead atoms. The molecular formula is C21H18Cl3N5O2S. The van der Waals surface area contributed by atoms with Crippen LogP contribution in [0, 0.1) is 0 Å². The maximum absolute atomic E-state index is 12.5. The molecule has 7 nitrogen and oxygen atoms in total. The third-order valence-electron chi connectivity index (χ3n) is 4.11. The molecule has 3 rings (SSSR count). The fourth-order valence-electron chi connectivity index (χ4n) is 2.68. The van der Waals surface area contributed by atoms with E-state index < -0.39 is 0 Å². The van der Waals surface area contributed by atoms with Crippen LogP contribution in [0.3, 0.4) is 0 Å². The zero-order valence-electron chi connectivity index (χ0n) is 16.6. The van der Waals surface area contributed by atoms with E-state index in [2.05, 4.69) is 27.4 Å². The largest absolute Gasteiger partial charge is 0.324 e. The van der Waals surface area contributed by atoms with Crippen LogP contribution in [-0.2, 0) is 22.6 Å². The maximum atomic E-state index is 12.5. The molecule has 2 N–H and O–H groups in total. The molecule has 0 spiro atoms. The fraction of sp³-hybridized carbons (Fsp3) is 0.143. The third-order valence-corrected chi connectivity index (χ3v) is 5.95. The van der Waals surface area contributed by atoms with Crippen molar-refractivity contribution < 1.29 is 9.59 Å². The van der Waals surface area contributed by atoms with Crippen molar-refractivity contribution in [1.82, 2.24) is 14.8 Å². The molecule has 166 valence electrons. The number of anilines is 2. The van der Waals surface area contributed by atoms with Crippen LogP contribution in [0.2, 0.25) is 15.1 Å². The molecule has 0 aliphatic heterocycles. The van der Waals surface area contributed by atoms with Crippen LogP contribution in [0.4, 0.5) is 11.4 Å². The second-order valence-electron chi connectivity index (χ2n) is 6.46. The molecule has 0 aliphatic rings. The van der Waals surface area contributed by atoms with E-state index in [1.54, 1.807) is 53.1 Å². The molecule has 0 aliphatic carbocycles. The molecule has 0 atom stereocenters. The average molecular weight is 511 g/mol. The highest BCUT2D eigenvalue weighted by Crippen LogP contribution is 2.26. The first-order chi connectivity index (χ1) is 15.4. The van der Waals surface area contributed by atoms with Crippen molar-refractivity contribution in [3.63, 3.8) is 0 Å².